The van der Waals surface area contributed by atoms with Crippen molar-refractivity contribution in [1.82, 2.24) is 0 Å². The number of fused-ring (bicyclic) bond motifs is 7. The molecule has 0 aliphatic heterocycles. The monoisotopic (exact) mass is 740 g/mol. The van der Waals surface area contributed by atoms with Crippen molar-refractivity contribution in [2.45, 2.75) is 6.92 Å². The molecular formula is C51H32OSe. The van der Waals surface area contributed by atoms with Crippen LogP contribution in [0, 0.1) is 6.92 Å². The molecule has 0 radical (unpaired) electrons. The third-order valence-electron chi connectivity index (χ3n) is 11.0. The van der Waals surface area contributed by atoms with Crippen LogP contribution in [0.25, 0.3) is 107 Å². The topological polar surface area (TPSA) is 13.1 Å². The average Bonchev–Trinajstić information content (AvgIpc) is 3.82. The van der Waals surface area contributed by atoms with E-state index in [2.05, 4.69) is 176 Å². The molecule has 0 aliphatic rings. The van der Waals surface area contributed by atoms with Gasteiger partial charge in [0, 0.05) is 0 Å². The summed E-state index contributed by atoms with van der Waals surface area (Å²) in [5.74, 6) is 1.83. The summed E-state index contributed by atoms with van der Waals surface area (Å²) in [5, 5.41) is 12.8. The zero-order valence-electron chi connectivity index (χ0n) is 29.1. The summed E-state index contributed by atoms with van der Waals surface area (Å²) in [4.78, 5) is 0. The molecule has 0 aliphatic carbocycles. The summed E-state index contributed by atoms with van der Waals surface area (Å²) >= 11 is 0.158. The van der Waals surface area contributed by atoms with E-state index in [1.165, 1.54) is 95.8 Å². The van der Waals surface area contributed by atoms with Gasteiger partial charge in [0.05, 0.1) is 0 Å². The number of hydrogen-bond donors (Lipinski definition) is 0. The molecule has 248 valence electrons. The Morgan fingerprint density at radius 3 is 1.40 bits per heavy atom. The van der Waals surface area contributed by atoms with Crippen LogP contribution in [0.3, 0.4) is 0 Å². The van der Waals surface area contributed by atoms with E-state index in [1.54, 1.807) is 0 Å². The van der Waals surface area contributed by atoms with Gasteiger partial charge in [-0.05, 0) is 0 Å². The molecule has 11 rings (SSSR count). The van der Waals surface area contributed by atoms with E-state index >= 15 is 0 Å². The Hall–Kier alpha value is -6.18. The Bertz CT molecular complexity index is 3120. The first-order valence-electron chi connectivity index (χ1n) is 18.2. The van der Waals surface area contributed by atoms with E-state index in [9.17, 15) is 0 Å². The summed E-state index contributed by atoms with van der Waals surface area (Å²) in [6.45, 7) is 2.02. The molecule has 0 saturated heterocycles. The molecule has 0 N–H and O–H groups in total. The molecule has 2 aromatic heterocycles. The first-order valence-corrected chi connectivity index (χ1v) is 19.9. The normalized spacial score (nSPS) is 11.9. The maximum absolute atomic E-state index is 6.26. The van der Waals surface area contributed by atoms with Gasteiger partial charge >= 0.3 is 315 Å². The molecule has 0 bridgehead atoms. The van der Waals surface area contributed by atoms with Crippen LogP contribution in [0.1, 0.15) is 5.76 Å². The van der Waals surface area contributed by atoms with Crippen LogP contribution in [0.5, 0.6) is 0 Å². The number of aryl methyl sites for hydroxylation is 1. The van der Waals surface area contributed by atoms with Crippen molar-refractivity contribution in [3.8, 4) is 44.7 Å². The number of furan rings is 1. The first-order chi connectivity index (χ1) is 26.2. The fraction of sp³-hybridized carbons (Fsp3) is 0.0196. The van der Waals surface area contributed by atoms with E-state index in [0.717, 1.165) is 17.1 Å². The van der Waals surface area contributed by atoms with Crippen molar-refractivity contribution < 1.29 is 4.42 Å². The summed E-state index contributed by atoms with van der Waals surface area (Å²) in [6, 6.07) is 64.9. The first kappa shape index (κ1) is 30.4. The summed E-state index contributed by atoms with van der Waals surface area (Å²) in [6.07, 6.45) is 0. The Balaban J connectivity index is 1.18. The molecule has 1 nitrogen and oxygen atoms in total. The van der Waals surface area contributed by atoms with E-state index in [4.69, 9.17) is 4.42 Å². The third kappa shape index (κ3) is 4.63. The van der Waals surface area contributed by atoms with E-state index < -0.39 is 0 Å². The van der Waals surface area contributed by atoms with Crippen molar-refractivity contribution in [2.75, 3.05) is 0 Å². The SMILES string of the molecule is Cc1ccc(-c2c3ccccc3c(-c3ccc4[se]c5c(-c6c7ccccc7c(-c7ccccc7)c7ccccc67)cccc5c4c3)c3ccccc23)o1. The van der Waals surface area contributed by atoms with Crippen LogP contribution in [0.4, 0.5) is 0 Å². The van der Waals surface area contributed by atoms with Crippen molar-refractivity contribution in [1.29, 1.82) is 0 Å². The number of benzene rings is 9. The Morgan fingerprint density at radius 2 is 0.849 bits per heavy atom. The Morgan fingerprint density at radius 1 is 0.358 bits per heavy atom. The van der Waals surface area contributed by atoms with Crippen molar-refractivity contribution in [3.63, 3.8) is 0 Å². The molecule has 0 saturated carbocycles. The fourth-order valence-electron chi connectivity index (χ4n) is 8.76. The number of hydrogen-bond acceptors (Lipinski definition) is 1. The molecular weight excluding hydrogens is 708 g/mol. The Labute approximate surface area is 313 Å². The molecule has 2 heterocycles. The van der Waals surface area contributed by atoms with Crippen molar-refractivity contribution >= 4 is 76.9 Å². The second kappa shape index (κ2) is 11.9. The molecule has 0 atom stereocenters. The van der Waals surface area contributed by atoms with Gasteiger partial charge in [0.1, 0.15) is 0 Å². The van der Waals surface area contributed by atoms with Gasteiger partial charge in [-0.25, -0.2) is 0 Å². The summed E-state index contributed by atoms with van der Waals surface area (Å²) in [7, 11) is 0. The molecule has 53 heavy (non-hydrogen) atoms. The van der Waals surface area contributed by atoms with Gasteiger partial charge in [0.15, 0.2) is 0 Å². The molecule has 0 fully saturated rings. The molecule has 2 heteroatoms. The Kier molecular flexibility index (Phi) is 6.86. The minimum atomic E-state index is 0.158. The molecule has 11 aromatic rings. The quantitative estimate of drug-likeness (QED) is 0.129. The second-order valence-corrected chi connectivity index (χ2v) is 16.2. The van der Waals surface area contributed by atoms with Crippen LogP contribution in [0.2, 0.25) is 0 Å². The zero-order valence-corrected chi connectivity index (χ0v) is 30.8. The van der Waals surface area contributed by atoms with E-state index in [-0.39, 0.29) is 14.5 Å². The molecule has 0 unspecified atom stereocenters. The van der Waals surface area contributed by atoms with Gasteiger partial charge in [-0.2, -0.15) is 0 Å². The summed E-state index contributed by atoms with van der Waals surface area (Å²) in [5.41, 5.74) is 8.92. The van der Waals surface area contributed by atoms with Crippen LogP contribution in [-0.4, -0.2) is 14.5 Å². The van der Waals surface area contributed by atoms with Crippen LogP contribution in [-0.2, 0) is 0 Å². The fourth-order valence-corrected chi connectivity index (χ4v) is 11.3. The summed E-state index contributed by atoms with van der Waals surface area (Å²) < 4.78 is 9.17. The van der Waals surface area contributed by atoms with Gasteiger partial charge in [0.2, 0.25) is 0 Å². The molecule has 0 amide bonds. The van der Waals surface area contributed by atoms with E-state index in [0.29, 0.717) is 0 Å². The predicted molar refractivity (Wildman–Crippen MR) is 227 cm³/mol. The van der Waals surface area contributed by atoms with Crippen LogP contribution < -0.4 is 0 Å². The average molecular weight is 740 g/mol. The maximum atomic E-state index is 6.26. The standard InChI is InChI=1S/C51H32OSe/c1-31-26-28-45(52-31)50-40-22-11-7-18-36(40)48(37-19-8-12-23-41(37)50)33-27-29-46-44(30-33)42-24-13-25-43(51(42)53-46)49-38-20-9-5-16-34(38)47(32-14-3-2-4-15-32)35-17-6-10-21-39(35)49/h2-30H,1H3. The van der Waals surface area contributed by atoms with Crippen LogP contribution >= 0.6 is 0 Å². The van der Waals surface area contributed by atoms with Gasteiger partial charge < -0.3 is 0 Å². The van der Waals surface area contributed by atoms with Gasteiger partial charge in [0.25, 0.3) is 0 Å². The van der Waals surface area contributed by atoms with Crippen molar-refractivity contribution in [2.24, 2.45) is 0 Å². The van der Waals surface area contributed by atoms with Gasteiger partial charge in [-0.1, -0.05) is 0 Å². The van der Waals surface area contributed by atoms with E-state index in [1.807, 2.05) is 6.92 Å². The number of rotatable bonds is 4. The zero-order chi connectivity index (χ0) is 35.0. The van der Waals surface area contributed by atoms with Crippen molar-refractivity contribution in [3.05, 3.63) is 182 Å². The van der Waals surface area contributed by atoms with Gasteiger partial charge in [-0.15, -0.1) is 0 Å². The predicted octanol–water partition coefficient (Wildman–Crippen LogP) is 14.2. The van der Waals surface area contributed by atoms with Gasteiger partial charge in [-0.3, -0.25) is 0 Å². The minimum absolute atomic E-state index is 0.158. The molecule has 0 spiro atoms. The third-order valence-corrected chi connectivity index (χ3v) is 13.5. The molecule has 9 aromatic carbocycles. The second-order valence-electron chi connectivity index (χ2n) is 14.0. The van der Waals surface area contributed by atoms with Crippen LogP contribution in [0.15, 0.2) is 180 Å².